The van der Waals surface area contributed by atoms with Crippen molar-refractivity contribution in [1.29, 1.82) is 0 Å². The zero-order valence-corrected chi connectivity index (χ0v) is 21.1. The number of hydrogen-bond donors (Lipinski definition) is 4. The standard InChI is InChI=1S/C27H28N10O/c1-16-11-31-21-9-8-17(13-37(16)21)23-24(20-6-4-10-30-20)35-26(28)25(34-23)27(38)32-12-18-5-3-7-22(33-18)36-14-19(15-36)29-2/h3-11,13,19,29-30H,12,14-15H2,1-2H3,(H2,28,35)(H,32,38). The van der Waals surface area contributed by atoms with E-state index < -0.39 is 5.91 Å². The Morgan fingerprint density at radius 2 is 1.97 bits per heavy atom. The van der Waals surface area contributed by atoms with Crippen molar-refractivity contribution in [3.05, 3.63) is 78.1 Å². The molecule has 1 aliphatic rings. The van der Waals surface area contributed by atoms with Gasteiger partial charge in [-0.2, -0.15) is 0 Å². The largest absolute Gasteiger partial charge is 0.382 e. The van der Waals surface area contributed by atoms with Crippen LogP contribution in [0.1, 0.15) is 21.9 Å². The Bertz CT molecular complexity index is 1620. The minimum atomic E-state index is -0.416. The van der Waals surface area contributed by atoms with Gasteiger partial charge >= 0.3 is 0 Å². The Kier molecular flexibility index (Phi) is 5.97. The monoisotopic (exact) mass is 508 g/mol. The van der Waals surface area contributed by atoms with E-state index in [1.54, 1.807) is 6.20 Å². The molecule has 0 spiro atoms. The van der Waals surface area contributed by atoms with Gasteiger partial charge in [0.2, 0.25) is 0 Å². The lowest BCUT2D eigenvalue weighted by molar-refractivity contribution is 0.0946. The number of rotatable bonds is 7. The van der Waals surface area contributed by atoms with E-state index in [0.717, 1.165) is 47.2 Å². The SMILES string of the molecule is CNC1CN(c2cccc(CNC(=O)c3nc(-c4ccc5ncc(C)n5c4)c(-c4ccc[nH]4)nc3N)n2)C1. The van der Waals surface area contributed by atoms with Crippen molar-refractivity contribution in [2.75, 3.05) is 30.8 Å². The predicted molar refractivity (Wildman–Crippen MR) is 146 cm³/mol. The van der Waals surface area contributed by atoms with Crippen molar-refractivity contribution in [2.45, 2.75) is 19.5 Å². The molecule has 0 radical (unpaired) electrons. The van der Waals surface area contributed by atoms with Crippen LogP contribution in [0.25, 0.3) is 28.3 Å². The average Bonchev–Trinajstić information content (AvgIpc) is 3.57. The molecule has 6 rings (SSSR count). The highest BCUT2D eigenvalue weighted by Crippen LogP contribution is 2.30. The fourth-order valence-electron chi connectivity index (χ4n) is 4.57. The van der Waals surface area contributed by atoms with Crippen LogP contribution in [-0.2, 0) is 6.54 Å². The van der Waals surface area contributed by atoms with E-state index in [4.69, 9.17) is 15.7 Å². The molecule has 0 aromatic carbocycles. The first kappa shape index (κ1) is 23.6. The van der Waals surface area contributed by atoms with E-state index in [9.17, 15) is 4.79 Å². The maximum absolute atomic E-state index is 13.3. The van der Waals surface area contributed by atoms with Gasteiger partial charge in [0.1, 0.15) is 22.9 Å². The summed E-state index contributed by atoms with van der Waals surface area (Å²) in [4.78, 5) is 37.0. The van der Waals surface area contributed by atoms with E-state index >= 15 is 0 Å². The average molecular weight is 509 g/mol. The maximum atomic E-state index is 13.3. The highest BCUT2D eigenvalue weighted by Gasteiger charge is 2.26. The summed E-state index contributed by atoms with van der Waals surface area (Å²) in [5.74, 6) is 0.530. The second-order valence-electron chi connectivity index (χ2n) is 9.34. The predicted octanol–water partition coefficient (Wildman–Crippen LogP) is 2.41. The third-order valence-electron chi connectivity index (χ3n) is 6.79. The second-order valence-corrected chi connectivity index (χ2v) is 9.34. The number of nitrogen functional groups attached to an aromatic ring is 1. The van der Waals surface area contributed by atoms with Crippen LogP contribution in [0.2, 0.25) is 0 Å². The summed E-state index contributed by atoms with van der Waals surface area (Å²) in [7, 11) is 1.96. The molecule has 11 heteroatoms. The molecule has 1 amide bonds. The fraction of sp³-hybridized carbons (Fsp3) is 0.222. The molecule has 6 heterocycles. The molecular weight excluding hydrogens is 480 g/mol. The summed E-state index contributed by atoms with van der Waals surface area (Å²) in [6.45, 7) is 4.04. The van der Waals surface area contributed by atoms with Crippen molar-refractivity contribution in [3.8, 4) is 22.6 Å². The molecule has 11 nitrogen and oxygen atoms in total. The quantitative estimate of drug-likeness (QED) is 0.263. The van der Waals surface area contributed by atoms with Gasteiger partial charge in [-0.15, -0.1) is 0 Å². The van der Waals surface area contributed by atoms with E-state index in [0.29, 0.717) is 17.4 Å². The zero-order valence-electron chi connectivity index (χ0n) is 21.1. The van der Waals surface area contributed by atoms with Crippen LogP contribution in [-0.4, -0.2) is 61.4 Å². The molecule has 0 atom stereocenters. The Morgan fingerprint density at radius 3 is 2.76 bits per heavy atom. The lowest BCUT2D eigenvalue weighted by atomic mass is 10.1. The Hall–Kier alpha value is -4.77. The third kappa shape index (κ3) is 4.33. The van der Waals surface area contributed by atoms with E-state index in [2.05, 4.69) is 30.5 Å². The molecule has 5 N–H and O–H groups in total. The first-order valence-electron chi connectivity index (χ1n) is 12.4. The Labute approximate surface area is 219 Å². The van der Waals surface area contributed by atoms with Crippen LogP contribution >= 0.6 is 0 Å². The molecule has 192 valence electrons. The number of carbonyl (C=O) groups is 1. The second kappa shape index (κ2) is 9.60. The van der Waals surface area contributed by atoms with Gasteiger partial charge in [0.15, 0.2) is 11.5 Å². The summed E-state index contributed by atoms with van der Waals surface area (Å²) >= 11 is 0. The summed E-state index contributed by atoms with van der Waals surface area (Å²) < 4.78 is 1.97. The number of H-pyrrole nitrogens is 1. The lowest BCUT2D eigenvalue weighted by Gasteiger charge is -2.40. The van der Waals surface area contributed by atoms with Crippen LogP contribution in [0.15, 0.2) is 61.1 Å². The van der Waals surface area contributed by atoms with Crippen LogP contribution in [0.3, 0.4) is 0 Å². The molecule has 0 aliphatic carbocycles. The number of aromatic amines is 1. The molecule has 0 unspecified atom stereocenters. The summed E-state index contributed by atoms with van der Waals surface area (Å²) in [5.41, 5.74) is 11.5. The van der Waals surface area contributed by atoms with Gasteiger partial charge < -0.3 is 30.7 Å². The zero-order chi connectivity index (χ0) is 26.2. The smallest absolute Gasteiger partial charge is 0.274 e. The lowest BCUT2D eigenvalue weighted by Crippen LogP contribution is -2.57. The Morgan fingerprint density at radius 1 is 1.11 bits per heavy atom. The van der Waals surface area contributed by atoms with E-state index in [-0.39, 0.29) is 18.1 Å². The number of fused-ring (bicyclic) bond motifs is 1. The fourth-order valence-corrected chi connectivity index (χ4v) is 4.57. The van der Waals surface area contributed by atoms with Gasteiger partial charge in [0, 0.05) is 49.0 Å². The number of aromatic nitrogens is 6. The van der Waals surface area contributed by atoms with E-state index in [1.807, 2.05) is 73.2 Å². The number of carbonyl (C=O) groups excluding carboxylic acids is 1. The van der Waals surface area contributed by atoms with Crippen LogP contribution in [0.4, 0.5) is 11.6 Å². The van der Waals surface area contributed by atoms with Gasteiger partial charge in [0.05, 0.1) is 17.9 Å². The highest BCUT2D eigenvalue weighted by molar-refractivity contribution is 5.97. The summed E-state index contributed by atoms with van der Waals surface area (Å²) in [6.07, 6.45) is 5.55. The number of nitrogens with zero attached hydrogens (tertiary/aromatic N) is 6. The van der Waals surface area contributed by atoms with Gasteiger partial charge in [-0.1, -0.05) is 6.07 Å². The van der Waals surface area contributed by atoms with Gasteiger partial charge in [-0.3, -0.25) is 4.79 Å². The molecule has 0 saturated carbocycles. The van der Waals surface area contributed by atoms with Crippen LogP contribution < -0.4 is 21.3 Å². The first-order valence-corrected chi connectivity index (χ1v) is 12.4. The molecule has 5 aromatic rings. The molecule has 0 bridgehead atoms. The van der Waals surface area contributed by atoms with Crippen molar-refractivity contribution < 1.29 is 4.79 Å². The minimum Gasteiger partial charge on any atom is -0.382 e. The van der Waals surface area contributed by atoms with Crippen LogP contribution in [0, 0.1) is 6.92 Å². The number of nitrogens with one attached hydrogen (secondary N) is 3. The minimum absolute atomic E-state index is 0.0520. The number of aryl methyl sites for hydroxylation is 1. The molecule has 1 saturated heterocycles. The van der Waals surface area contributed by atoms with Crippen molar-refractivity contribution in [2.24, 2.45) is 0 Å². The molecule has 1 fully saturated rings. The number of anilines is 2. The number of imidazole rings is 1. The molecular formula is C27H28N10O. The number of likely N-dealkylation sites (N-methyl/N-ethyl adjacent to an activating group) is 1. The normalized spacial score (nSPS) is 13.6. The number of hydrogen-bond acceptors (Lipinski definition) is 8. The van der Waals surface area contributed by atoms with E-state index in [1.165, 1.54) is 0 Å². The third-order valence-corrected chi connectivity index (χ3v) is 6.79. The van der Waals surface area contributed by atoms with Gasteiger partial charge in [0.25, 0.3) is 5.91 Å². The van der Waals surface area contributed by atoms with Crippen molar-refractivity contribution in [3.63, 3.8) is 0 Å². The number of pyridine rings is 2. The molecule has 38 heavy (non-hydrogen) atoms. The van der Waals surface area contributed by atoms with Crippen LogP contribution in [0.5, 0.6) is 0 Å². The Balaban J connectivity index is 1.29. The van der Waals surface area contributed by atoms with Gasteiger partial charge in [-0.05, 0) is 50.4 Å². The highest BCUT2D eigenvalue weighted by atomic mass is 16.1. The molecule has 1 aliphatic heterocycles. The summed E-state index contributed by atoms with van der Waals surface area (Å²) in [5, 5.41) is 6.17. The van der Waals surface area contributed by atoms with Gasteiger partial charge in [-0.25, -0.2) is 19.9 Å². The molecule has 5 aromatic heterocycles. The maximum Gasteiger partial charge on any atom is 0.274 e. The summed E-state index contributed by atoms with van der Waals surface area (Å²) in [6, 6.07) is 13.9. The number of nitrogens with two attached hydrogens (primary N) is 1. The number of amides is 1. The first-order chi connectivity index (χ1) is 18.5. The van der Waals surface area contributed by atoms with Crippen molar-refractivity contribution >= 4 is 23.2 Å². The van der Waals surface area contributed by atoms with Crippen molar-refractivity contribution in [1.82, 2.24) is 40.0 Å². The topological polar surface area (TPSA) is 142 Å².